The van der Waals surface area contributed by atoms with Crippen molar-refractivity contribution in [3.8, 4) is 0 Å². The smallest absolute Gasteiger partial charge is 0.307 e. The summed E-state index contributed by atoms with van der Waals surface area (Å²) >= 11 is 0. The predicted molar refractivity (Wildman–Crippen MR) is 80.0 cm³/mol. The van der Waals surface area contributed by atoms with Crippen molar-refractivity contribution in [1.29, 1.82) is 0 Å². The lowest BCUT2D eigenvalue weighted by atomic mass is 9.74. The van der Waals surface area contributed by atoms with E-state index in [0.29, 0.717) is 19.4 Å². The van der Waals surface area contributed by atoms with Crippen molar-refractivity contribution in [2.45, 2.75) is 58.4 Å². The van der Waals surface area contributed by atoms with Crippen LogP contribution in [0.25, 0.3) is 0 Å². The van der Waals surface area contributed by atoms with Crippen molar-refractivity contribution in [2.75, 3.05) is 13.1 Å². The largest absolute Gasteiger partial charge is 0.481 e. The fourth-order valence-electron chi connectivity index (χ4n) is 3.33. The number of rotatable bonds is 4. The number of piperidine rings is 1. The van der Waals surface area contributed by atoms with E-state index in [1.165, 1.54) is 4.31 Å². The minimum atomic E-state index is -3.60. The van der Waals surface area contributed by atoms with Crippen molar-refractivity contribution in [2.24, 2.45) is 11.3 Å². The molecule has 0 aromatic rings. The predicted octanol–water partition coefficient (Wildman–Crippen LogP) is 1.59. The third-order valence-corrected chi connectivity index (χ3v) is 6.47. The summed E-state index contributed by atoms with van der Waals surface area (Å²) in [7, 11) is -3.60. The maximum absolute atomic E-state index is 12.5. The first-order valence-corrected chi connectivity index (χ1v) is 9.16. The molecule has 0 amide bonds. The van der Waals surface area contributed by atoms with E-state index in [1.807, 2.05) is 0 Å². The average Bonchev–Trinajstić information content (AvgIpc) is 2.41. The van der Waals surface area contributed by atoms with Crippen LogP contribution in [-0.2, 0) is 15.0 Å². The first-order chi connectivity index (χ1) is 9.72. The Hall–Kier alpha value is -0.660. The lowest BCUT2D eigenvalue weighted by Crippen LogP contribution is -2.54. The Morgan fingerprint density at radius 2 is 1.95 bits per heavy atom. The summed E-state index contributed by atoms with van der Waals surface area (Å²) in [5.74, 6) is -1.50. The monoisotopic (exact) mass is 318 g/mol. The fourth-order valence-corrected chi connectivity index (χ4v) is 5.02. The average molecular weight is 318 g/mol. The van der Waals surface area contributed by atoms with Crippen molar-refractivity contribution in [3.05, 3.63) is 0 Å². The number of aliphatic carboxylic acids is 1. The van der Waals surface area contributed by atoms with Gasteiger partial charge in [-0.2, -0.15) is 17.4 Å². The molecule has 1 aliphatic carbocycles. The number of hydrogen-bond acceptors (Lipinski definition) is 3. The number of carboxylic acid groups (broad SMARTS) is 1. The van der Waals surface area contributed by atoms with Gasteiger partial charge in [-0.15, -0.1) is 0 Å². The number of carboxylic acids is 1. The van der Waals surface area contributed by atoms with E-state index in [9.17, 15) is 13.2 Å². The maximum atomic E-state index is 12.5. The first kappa shape index (κ1) is 16.7. The van der Waals surface area contributed by atoms with Gasteiger partial charge >= 0.3 is 5.97 Å². The van der Waals surface area contributed by atoms with Gasteiger partial charge in [0.2, 0.25) is 0 Å². The zero-order valence-corrected chi connectivity index (χ0v) is 13.7. The van der Waals surface area contributed by atoms with Crippen molar-refractivity contribution in [3.63, 3.8) is 0 Å². The standard InChI is InChI=1S/C14H26N2O4S/c1-14(2)8-4-3-7-12(14)15-21(19,20)16-9-5-6-11(10-16)13(17)18/h11-12,15H,3-10H2,1-2H3,(H,17,18). The van der Waals surface area contributed by atoms with E-state index in [1.54, 1.807) is 0 Å². The van der Waals surface area contributed by atoms with Crippen LogP contribution in [0.4, 0.5) is 0 Å². The molecule has 21 heavy (non-hydrogen) atoms. The van der Waals surface area contributed by atoms with Gasteiger partial charge in [0.15, 0.2) is 0 Å². The molecule has 1 aliphatic heterocycles. The normalized spacial score (nSPS) is 31.0. The number of nitrogens with zero attached hydrogens (tertiary/aromatic N) is 1. The summed E-state index contributed by atoms with van der Waals surface area (Å²) in [6, 6.07) is -0.0681. The van der Waals surface area contributed by atoms with Gasteiger partial charge in [0.05, 0.1) is 5.92 Å². The highest BCUT2D eigenvalue weighted by Crippen LogP contribution is 2.36. The molecule has 6 nitrogen and oxygen atoms in total. The molecule has 2 atom stereocenters. The van der Waals surface area contributed by atoms with E-state index >= 15 is 0 Å². The molecule has 0 bridgehead atoms. The molecule has 122 valence electrons. The van der Waals surface area contributed by atoms with Crippen LogP contribution < -0.4 is 4.72 Å². The molecule has 2 aliphatic rings. The van der Waals surface area contributed by atoms with E-state index in [2.05, 4.69) is 18.6 Å². The molecular weight excluding hydrogens is 292 g/mol. The minimum Gasteiger partial charge on any atom is -0.481 e. The van der Waals surface area contributed by atoms with Crippen molar-refractivity contribution < 1.29 is 18.3 Å². The summed E-state index contributed by atoms with van der Waals surface area (Å²) < 4.78 is 29.2. The number of carbonyl (C=O) groups is 1. The molecule has 1 heterocycles. The Labute approximate surface area is 127 Å². The van der Waals surface area contributed by atoms with Crippen LogP contribution in [0, 0.1) is 11.3 Å². The quantitative estimate of drug-likeness (QED) is 0.824. The molecular formula is C14H26N2O4S. The topological polar surface area (TPSA) is 86.7 Å². The molecule has 2 unspecified atom stereocenters. The highest BCUT2D eigenvalue weighted by Gasteiger charge is 2.38. The highest BCUT2D eigenvalue weighted by molar-refractivity contribution is 7.87. The number of hydrogen-bond donors (Lipinski definition) is 2. The second kappa shape index (κ2) is 6.22. The Balaban J connectivity index is 2.05. The van der Waals surface area contributed by atoms with Gasteiger partial charge in [-0.05, 0) is 31.1 Å². The fraction of sp³-hybridized carbons (Fsp3) is 0.929. The van der Waals surface area contributed by atoms with Crippen LogP contribution in [0.2, 0.25) is 0 Å². The lowest BCUT2D eigenvalue weighted by molar-refractivity contribution is -0.142. The van der Waals surface area contributed by atoms with Crippen LogP contribution in [0.3, 0.4) is 0 Å². The second-order valence-corrected chi connectivity index (χ2v) is 8.65. The van der Waals surface area contributed by atoms with E-state index in [0.717, 1.165) is 25.7 Å². The zero-order chi connectivity index (χ0) is 15.7. The van der Waals surface area contributed by atoms with Crippen LogP contribution in [0.15, 0.2) is 0 Å². The third-order valence-electron chi connectivity index (χ3n) is 4.87. The van der Waals surface area contributed by atoms with Gasteiger partial charge < -0.3 is 5.11 Å². The molecule has 0 spiro atoms. The summed E-state index contributed by atoms with van der Waals surface area (Å²) in [5.41, 5.74) is -0.0483. The van der Waals surface area contributed by atoms with E-state index < -0.39 is 22.1 Å². The summed E-state index contributed by atoms with van der Waals surface area (Å²) in [6.45, 7) is 4.68. The molecule has 0 aromatic heterocycles. The molecule has 2 rings (SSSR count). The summed E-state index contributed by atoms with van der Waals surface area (Å²) in [6.07, 6.45) is 5.19. The van der Waals surface area contributed by atoms with E-state index in [-0.39, 0.29) is 18.0 Å². The van der Waals surface area contributed by atoms with Crippen molar-refractivity contribution in [1.82, 2.24) is 9.03 Å². The van der Waals surface area contributed by atoms with Gasteiger partial charge in [0.1, 0.15) is 0 Å². The van der Waals surface area contributed by atoms with Gasteiger partial charge in [-0.3, -0.25) is 4.79 Å². The molecule has 2 fully saturated rings. The summed E-state index contributed by atoms with van der Waals surface area (Å²) in [5, 5.41) is 9.08. The van der Waals surface area contributed by atoms with Crippen molar-refractivity contribution >= 4 is 16.2 Å². The first-order valence-electron chi connectivity index (χ1n) is 7.72. The zero-order valence-electron chi connectivity index (χ0n) is 12.8. The SMILES string of the molecule is CC1(C)CCCCC1NS(=O)(=O)N1CCCC(C(=O)O)C1. The molecule has 2 N–H and O–H groups in total. The van der Waals surface area contributed by atoms with Crippen LogP contribution in [0.5, 0.6) is 0 Å². The molecule has 7 heteroatoms. The summed E-state index contributed by atoms with van der Waals surface area (Å²) in [4.78, 5) is 11.1. The Morgan fingerprint density at radius 3 is 2.57 bits per heavy atom. The molecule has 1 saturated carbocycles. The Bertz CT molecular complexity index is 489. The Kier molecular flexibility index (Phi) is 4.95. The van der Waals surface area contributed by atoms with Gasteiger partial charge in [-0.1, -0.05) is 26.7 Å². The molecule has 0 aromatic carbocycles. The van der Waals surface area contributed by atoms with Crippen LogP contribution in [0.1, 0.15) is 52.4 Å². The van der Waals surface area contributed by atoms with Crippen LogP contribution in [-0.4, -0.2) is 42.9 Å². The molecule has 1 saturated heterocycles. The van der Waals surface area contributed by atoms with Gasteiger partial charge in [-0.25, -0.2) is 0 Å². The third kappa shape index (κ3) is 3.96. The minimum absolute atomic E-state index is 0.0483. The van der Waals surface area contributed by atoms with Gasteiger partial charge in [0, 0.05) is 19.1 Å². The van der Waals surface area contributed by atoms with Gasteiger partial charge in [0.25, 0.3) is 10.2 Å². The maximum Gasteiger partial charge on any atom is 0.307 e. The highest BCUT2D eigenvalue weighted by atomic mass is 32.2. The Morgan fingerprint density at radius 1 is 1.24 bits per heavy atom. The van der Waals surface area contributed by atoms with E-state index in [4.69, 9.17) is 5.11 Å². The number of nitrogens with one attached hydrogen (secondary N) is 1. The lowest BCUT2D eigenvalue weighted by Gasteiger charge is -2.40. The molecule has 0 radical (unpaired) electrons. The van der Waals surface area contributed by atoms with Crippen LogP contribution >= 0.6 is 0 Å². The second-order valence-electron chi connectivity index (χ2n) is 6.95.